The fourth-order valence-corrected chi connectivity index (χ4v) is 3.75. The summed E-state index contributed by atoms with van der Waals surface area (Å²) in [7, 11) is 0. The summed E-state index contributed by atoms with van der Waals surface area (Å²) in [5.41, 5.74) is 3.37. The van der Waals surface area contributed by atoms with Gasteiger partial charge in [-0.15, -0.1) is 0 Å². The highest BCUT2D eigenvalue weighted by Gasteiger charge is 2.36. The van der Waals surface area contributed by atoms with Crippen molar-refractivity contribution in [2.45, 2.75) is 27.7 Å². The van der Waals surface area contributed by atoms with Gasteiger partial charge in [0.05, 0.1) is 11.5 Å². The van der Waals surface area contributed by atoms with Gasteiger partial charge in [-0.2, -0.15) is 0 Å². The molecular formula is C24H26N2O4S. The monoisotopic (exact) mass is 438 g/mol. The maximum Gasteiger partial charge on any atom is 0.294 e. The van der Waals surface area contributed by atoms with E-state index in [2.05, 4.69) is 19.2 Å². The van der Waals surface area contributed by atoms with E-state index in [9.17, 15) is 14.4 Å². The third-order valence-corrected chi connectivity index (χ3v) is 5.51. The fraction of sp³-hybridized carbons (Fsp3) is 0.292. The van der Waals surface area contributed by atoms with Crippen LogP contribution in [0.3, 0.4) is 0 Å². The molecule has 0 saturated carbocycles. The van der Waals surface area contributed by atoms with E-state index >= 15 is 0 Å². The lowest BCUT2D eigenvalue weighted by Crippen LogP contribution is -2.36. The van der Waals surface area contributed by atoms with Gasteiger partial charge in [-0.3, -0.25) is 19.3 Å². The minimum atomic E-state index is -0.466. The van der Waals surface area contributed by atoms with Crippen molar-refractivity contribution in [3.8, 4) is 5.75 Å². The van der Waals surface area contributed by atoms with E-state index in [4.69, 9.17) is 4.74 Å². The summed E-state index contributed by atoms with van der Waals surface area (Å²) in [6, 6.07) is 13.0. The topological polar surface area (TPSA) is 75.7 Å². The number of imide groups is 1. The van der Waals surface area contributed by atoms with Crippen molar-refractivity contribution in [3.63, 3.8) is 0 Å². The van der Waals surface area contributed by atoms with E-state index in [1.165, 1.54) is 0 Å². The molecule has 3 rings (SSSR count). The zero-order valence-electron chi connectivity index (χ0n) is 18.1. The number of carbonyl (C=O) groups is 3. The average molecular weight is 439 g/mol. The van der Waals surface area contributed by atoms with Crippen LogP contribution in [0.1, 0.15) is 30.5 Å². The van der Waals surface area contributed by atoms with Gasteiger partial charge in [-0.1, -0.05) is 38.1 Å². The van der Waals surface area contributed by atoms with E-state index < -0.39 is 17.1 Å². The lowest BCUT2D eigenvalue weighted by Gasteiger charge is -2.14. The second-order valence-corrected chi connectivity index (χ2v) is 8.90. The van der Waals surface area contributed by atoms with Crippen molar-refractivity contribution >= 4 is 40.6 Å². The summed E-state index contributed by atoms with van der Waals surface area (Å²) in [5.74, 6) is 0.301. The molecule has 0 bridgehead atoms. The van der Waals surface area contributed by atoms with Crippen LogP contribution in [0.25, 0.3) is 6.08 Å². The highest BCUT2D eigenvalue weighted by Crippen LogP contribution is 2.32. The lowest BCUT2D eigenvalue weighted by atomic mass is 10.1. The summed E-state index contributed by atoms with van der Waals surface area (Å²) in [6.07, 6.45) is 1.65. The van der Waals surface area contributed by atoms with E-state index in [1.54, 1.807) is 6.08 Å². The summed E-state index contributed by atoms with van der Waals surface area (Å²) in [5, 5.41) is 2.33. The maximum atomic E-state index is 12.7. The molecule has 2 aromatic carbocycles. The van der Waals surface area contributed by atoms with E-state index in [0.717, 1.165) is 39.1 Å². The molecule has 1 saturated heterocycles. The van der Waals surface area contributed by atoms with E-state index in [1.807, 2.05) is 56.3 Å². The predicted octanol–water partition coefficient (Wildman–Crippen LogP) is 5.01. The lowest BCUT2D eigenvalue weighted by molar-refractivity contribution is -0.127. The molecule has 0 atom stereocenters. The van der Waals surface area contributed by atoms with Crippen molar-refractivity contribution in [2.75, 3.05) is 18.5 Å². The van der Waals surface area contributed by atoms with Crippen LogP contribution in [0.2, 0.25) is 0 Å². The Balaban J connectivity index is 1.64. The van der Waals surface area contributed by atoms with E-state index in [-0.39, 0.29) is 6.54 Å². The Bertz CT molecular complexity index is 1030. The maximum absolute atomic E-state index is 12.7. The van der Waals surface area contributed by atoms with Crippen molar-refractivity contribution in [1.82, 2.24) is 4.90 Å². The van der Waals surface area contributed by atoms with Gasteiger partial charge in [0.25, 0.3) is 11.1 Å². The number of hydrogen-bond acceptors (Lipinski definition) is 5. The predicted molar refractivity (Wildman–Crippen MR) is 124 cm³/mol. The van der Waals surface area contributed by atoms with Crippen molar-refractivity contribution in [1.29, 1.82) is 0 Å². The van der Waals surface area contributed by atoms with Gasteiger partial charge >= 0.3 is 0 Å². The molecule has 1 aliphatic rings. The average Bonchev–Trinajstić information content (AvgIpc) is 2.97. The number of aryl methyl sites for hydroxylation is 2. The number of amides is 3. The van der Waals surface area contributed by atoms with Gasteiger partial charge in [0.1, 0.15) is 12.3 Å². The number of ether oxygens (including phenoxy) is 1. The van der Waals surface area contributed by atoms with Gasteiger partial charge in [0, 0.05) is 5.69 Å². The Morgan fingerprint density at radius 3 is 2.52 bits per heavy atom. The van der Waals surface area contributed by atoms with Crippen molar-refractivity contribution < 1.29 is 19.1 Å². The highest BCUT2D eigenvalue weighted by atomic mass is 32.2. The van der Waals surface area contributed by atoms with Gasteiger partial charge in [0.2, 0.25) is 5.91 Å². The van der Waals surface area contributed by atoms with Crippen LogP contribution in [0.5, 0.6) is 5.75 Å². The van der Waals surface area contributed by atoms with Crippen LogP contribution in [0.15, 0.2) is 47.4 Å². The van der Waals surface area contributed by atoms with Gasteiger partial charge in [-0.25, -0.2) is 0 Å². The third-order valence-electron chi connectivity index (χ3n) is 4.60. The number of nitrogens with zero attached hydrogens (tertiary/aromatic N) is 1. The van der Waals surface area contributed by atoms with Gasteiger partial charge < -0.3 is 10.1 Å². The SMILES string of the molecule is Cc1ccc(C)c(NC(=O)CN2C(=O)S/C(=C\c3ccc(OCC(C)C)cc3)C2=O)c1. The van der Waals surface area contributed by atoms with Crippen LogP contribution in [-0.4, -0.2) is 35.1 Å². The minimum Gasteiger partial charge on any atom is -0.493 e. The zero-order valence-corrected chi connectivity index (χ0v) is 18.9. The molecule has 162 valence electrons. The first-order valence-corrected chi connectivity index (χ1v) is 10.9. The molecule has 3 amide bonds. The van der Waals surface area contributed by atoms with Gasteiger partial charge in [0.15, 0.2) is 0 Å². The minimum absolute atomic E-state index is 0.292. The Morgan fingerprint density at radius 2 is 1.84 bits per heavy atom. The summed E-state index contributed by atoms with van der Waals surface area (Å²) in [6.45, 7) is 8.27. The molecule has 1 aliphatic heterocycles. The number of rotatable bonds is 7. The molecule has 1 N–H and O–H groups in total. The largest absolute Gasteiger partial charge is 0.493 e. The molecule has 0 aliphatic carbocycles. The normalized spacial score (nSPS) is 15.1. The second-order valence-electron chi connectivity index (χ2n) is 7.91. The second kappa shape index (κ2) is 9.83. The number of hydrogen-bond donors (Lipinski definition) is 1. The highest BCUT2D eigenvalue weighted by molar-refractivity contribution is 8.18. The number of nitrogens with one attached hydrogen (secondary N) is 1. The molecule has 2 aromatic rings. The first kappa shape index (κ1) is 22.6. The number of benzene rings is 2. The smallest absolute Gasteiger partial charge is 0.294 e. The number of thioether (sulfide) groups is 1. The van der Waals surface area contributed by atoms with Crippen LogP contribution < -0.4 is 10.1 Å². The first-order chi connectivity index (χ1) is 14.7. The summed E-state index contributed by atoms with van der Waals surface area (Å²) in [4.78, 5) is 38.7. The number of carbonyl (C=O) groups excluding carboxylic acids is 3. The van der Waals surface area contributed by atoms with Crippen LogP contribution >= 0.6 is 11.8 Å². The molecule has 6 nitrogen and oxygen atoms in total. The quantitative estimate of drug-likeness (QED) is 0.615. The van der Waals surface area contributed by atoms with E-state index in [0.29, 0.717) is 23.1 Å². The van der Waals surface area contributed by atoms with Crippen molar-refractivity contribution in [2.24, 2.45) is 5.92 Å². The zero-order chi connectivity index (χ0) is 22.5. The molecule has 7 heteroatoms. The standard InChI is InChI=1S/C24H26N2O4S/c1-15(2)14-30-19-9-7-18(8-10-19)12-21-23(28)26(24(29)31-21)13-22(27)25-20-11-16(3)5-6-17(20)4/h5-12,15H,13-14H2,1-4H3,(H,25,27)/b21-12-. The van der Waals surface area contributed by atoms with Crippen LogP contribution in [0.4, 0.5) is 10.5 Å². The molecule has 31 heavy (non-hydrogen) atoms. The molecule has 0 radical (unpaired) electrons. The molecular weight excluding hydrogens is 412 g/mol. The first-order valence-electron chi connectivity index (χ1n) is 10.1. The third kappa shape index (κ3) is 5.98. The fourth-order valence-electron chi connectivity index (χ4n) is 2.91. The number of anilines is 1. The Labute approximate surface area is 186 Å². The Kier molecular flexibility index (Phi) is 7.17. The summed E-state index contributed by atoms with van der Waals surface area (Å²) < 4.78 is 5.66. The Morgan fingerprint density at radius 1 is 1.13 bits per heavy atom. The molecule has 0 aromatic heterocycles. The molecule has 1 fully saturated rings. The van der Waals surface area contributed by atoms with Crippen LogP contribution in [0, 0.1) is 19.8 Å². The molecule has 0 unspecified atom stereocenters. The Hall–Kier alpha value is -3.06. The van der Waals surface area contributed by atoms with Crippen LogP contribution in [-0.2, 0) is 9.59 Å². The summed E-state index contributed by atoms with van der Waals surface area (Å²) >= 11 is 0.836. The van der Waals surface area contributed by atoms with Crippen molar-refractivity contribution in [3.05, 3.63) is 64.1 Å². The molecule has 1 heterocycles. The molecule has 0 spiro atoms. The van der Waals surface area contributed by atoms with Gasteiger partial charge in [-0.05, 0) is 72.5 Å².